The molecule has 0 unspecified atom stereocenters. The van der Waals surface area contributed by atoms with Crippen molar-refractivity contribution in [2.24, 2.45) is 5.16 Å². The predicted molar refractivity (Wildman–Crippen MR) is 46.0 cm³/mol. The molecule has 0 aromatic heterocycles. The molecule has 12 heavy (non-hydrogen) atoms. The fraction of sp³-hybridized carbons (Fsp3) is 0.125. The van der Waals surface area contributed by atoms with Crippen LogP contribution in [0.3, 0.4) is 0 Å². The number of rotatable bonds is 2. The predicted octanol–water partition coefficient (Wildman–Crippen LogP) is 2.46. The molecule has 0 amide bonds. The largest absolute Gasteiger partial charge is 0.399 e. The van der Waals surface area contributed by atoms with E-state index in [1.165, 1.54) is 31.5 Å². The van der Waals surface area contributed by atoms with Gasteiger partial charge in [-0.15, -0.1) is 0 Å². The van der Waals surface area contributed by atoms with E-state index in [0.717, 1.165) is 0 Å². The van der Waals surface area contributed by atoms with Gasteiger partial charge in [-0.05, 0) is 18.2 Å². The van der Waals surface area contributed by atoms with Crippen molar-refractivity contribution < 1.29 is 9.23 Å². The Labute approximate surface area is 74.6 Å². The lowest BCUT2D eigenvalue weighted by molar-refractivity contribution is 0.215. The maximum Gasteiger partial charge on any atom is 0.132 e. The summed E-state index contributed by atoms with van der Waals surface area (Å²) in [6.45, 7) is 0. The van der Waals surface area contributed by atoms with Crippen LogP contribution < -0.4 is 0 Å². The quantitative estimate of drug-likeness (QED) is 0.515. The summed E-state index contributed by atoms with van der Waals surface area (Å²) >= 11 is 5.63. The van der Waals surface area contributed by atoms with Crippen molar-refractivity contribution in [2.45, 2.75) is 0 Å². The highest BCUT2D eigenvalue weighted by Crippen LogP contribution is 2.12. The monoisotopic (exact) mass is 187 g/mol. The normalized spacial score (nSPS) is 10.6. The van der Waals surface area contributed by atoms with Crippen LogP contribution >= 0.6 is 11.6 Å². The molecule has 0 radical (unpaired) electrons. The minimum Gasteiger partial charge on any atom is -0.399 e. The van der Waals surface area contributed by atoms with E-state index in [4.69, 9.17) is 11.6 Å². The van der Waals surface area contributed by atoms with E-state index in [-0.39, 0.29) is 5.82 Å². The summed E-state index contributed by atoms with van der Waals surface area (Å²) in [5, 5.41) is 3.89. The van der Waals surface area contributed by atoms with Gasteiger partial charge in [0, 0.05) is 10.6 Å². The maximum absolute atomic E-state index is 12.9. The second-order valence-corrected chi connectivity index (χ2v) is 2.52. The molecule has 0 saturated carbocycles. The number of oxime groups is 1. The lowest BCUT2D eigenvalue weighted by Crippen LogP contribution is -1.87. The van der Waals surface area contributed by atoms with E-state index in [0.29, 0.717) is 10.6 Å². The van der Waals surface area contributed by atoms with Gasteiger partial charge >= 0.3 is 0 Å². The Morgan fingerprint density at radius 3 is 3.00 bits per heavy atom. The summed E-state index contributed by atoms with van der Waals surface area (Å²) < 4.78 is 12.9. The first kappa shape index (κ1) is 9.00. The van der Waals surface area contributed by atoms with Gasteiger partial charge in [0.25, 0.3) is 0 Å². The summed E-state index contributed by atoms with van der Waals surface area (Å²) in [6, 6.07) is 4.22. The number of halogens is 2. The molecule has 1 rings (SSSR count). The van der Waals surface area contributed by atoms with Crippen molar-refractivity contribution in [3.05, 3.63) is 34.6 Å². The highest BCUT2D eigenvalue weighted by atomic mass is 35.5. The molecule has 1 aromatic rings. The number of hydrogen-bond donors (Lipinski definition) is 0. The Morgan fingerprint density at radius 1 is 1.58 bits per heavy atom. The van der Waals surface area contributed by atoms with Gasteiger partial charge in [0.2, 0.25) is 0 Å². The number of benzene rings is 1. The van der Waals surface area contributed by atoms with Crippen molar-refractivity contribution in [1.29, 1.82) is 0 Å². The van der Waals surface area contributed by atoms with E-state index < -0.39 is 0 Å². The first-order chi connectivity index (χ1) is 5.74. The Hall–Kier alpha value is -1.09. The van der Waals surface area contributed by atoms with Crippen LogP contribution in [0.4, 0.5) is 4.39 Å². The second kappa shape index (κ2) is 4.07. The zero-order valence-electron chi connectivity index (χ0n) is 6.42. The van der Waals surface area contributed by atoms with Gasteiger partial charge in [0.1, 0.15) is 12.9 Å². The molecule has 0 N–H and O–H groups in total. The van der Waals surface area contributed by atoms with Crippen molar-refractivity contribution >= 4 is 17.8 Å². The van der Waals surface area contributed by atoms with Gasteiger partial charge < -0.3 is 4.84 Å². The Bertz CT molecular complexity index is 301. The van der Waals surface area contributed by atoms with Crippen molar-refractivity contribution in [1.82, 2.24) is 0 Å². The van der Waals surface area contributed by atoms with Crippen LogP contribution in [-0.2, 0) is 4.84 Å². The molecule has 2 nitrogen and oxygen atoms in total. The van der Waals surface area contributed by atoms with Crippen LogP contribution in [0.2, 0.25) is 5.02 Å². The van der Waals surface area contributed by atoms with Gasteiger partial charge in [-0.1, -0.05) is 16.8 Å². The molecule has 1 aromatic carbocycles. The summed E-state index contributed by atoms with van der Waals surface area (Å²) in [5.74, 6) is -0.375. The lowest BCUT2D eigenvalue weighted by atomic mass is 10.2. The van der Waals surface area contributed by atoms with Crippen LogP contribution in [0.15, 0.2) is 23.4 Å². The first-order valence-electron chi connectivity index (χ1n) is 3.25. The molecular formula is C8H7ClFNO. The molecular weight excluding hydrogens is 181 g/mol. The zero-order chi connectivity index (χ0) is 8.97. The van der Waals surface area contributed by atoms with E-state index in [2.05, 4.69) is 9.99 Å². The lowest BCUT2D eigenvalue weighted by Gasteiger charge is -1.95. The molecule has 0 heterocycles. The topological polar surface area (TPSA) is 21.6 Å². The van der Waals surface area contributed by atoms with E-state index >= 15 is 0 Å². The summed E-state index contributed by atoms with van der Waals surface area (Å²) in [5.41, 5.74) is 0.310. The van der Waals surface area contributed by atoms with Crippen LogP contribution in [-0.4, -0.2) is 13.3 Å². The first-order valence-corrected chi connectivity index (χ1v) is 3.63. The Morgan fingerprint density at radius 2 is 2.33 bits per heavy atom. The number of hydrogen-bond acceptors (Lipinski definition) is 2. The average Bonchev–Trinajstić information content (AvgIpc) is 2.07. The van der Waals surface area contributed by atoms with Gasteiger partial charge in [-0.2, -0.15) is 0 Å². The Kier molecular flexibility index (Phi) is 3.05. The van der Waals surface area contributed by atoms with E-state index in [1.54, 1.807) is 0 Å². The zero-order valence-corrected chi connectivity index (χ0v) is 7.18. The summed E-state index contributed by atoms with van der Waals surface area (Å²) in [6.07, 6.45) is 1.27. The fourth-order valence-corrected chi connectivity index (χ4v) is 0.904. The molecule has 0 atom stereocenters. The molecule has 0 fully saturated rings. The van der Waals surface area contributed by atoms with Crippen LogP contribution in [0.5, 0.6) is 0 Å². The van der Waals surface area contributed by atoms with Crippen molar-refractivity contribution in [2.75, 3.05) is 7.11 Å². The molecule has 4 heteroatoms. The van der Waals surface area contributed by atoms with E-state index in [1.807, 2.05) is 0 Å². The summed E-state index contributed by atoms with van der Waals surface area (Å²) in [4.78, 5) is 4.40. The SMILES string of the molecule is CO/N=C/c1cc(Cl)ccc1F. The van der Waals surface area contributed by atoms with Crippen LogP contribution in [0.1, 0.15) is 5.56 Å². The van der Waals surface area contributed by atoms with Crippen LogP contribution in [0.25, 0.3) is 0 Å². The van der Waals surface area contributed by atoms with Gasteiger partial charge in [-0.25, -0.2) is 4.39 Å². The molecule has 0 aliphatic carbocycles. The molecule has 0 spiro atoms. The maximum atomic E-state index is 12.9. The molecule has 0 bridgehead atoms. The third-order valence-electron chi connectivity index (χ3n) is 1.26. The highest BCUT2D eigenvalue weighted by Gasteiger charge is 1.99. The second-order valence-electron chi connectivity index (χ2n) is 2.08. The Balaban J connectivity index is 2.97. The smallest absolute Gasteiger partial charge is 0.132 e. The molecule has 0 aliphatic rings. The fourth-order valence-electron chi connectivity index (χ4n) is 0.723. The number of nitrogens with zero attached hydrogens (tertiary/aromatic N) is 1. The van der Waals surface area contributed by atoms with Gasteiger partial charge in [0.15, 0.2) is 0 Å². The minimum absolute atomic E-state index is 0.310. The van der Waals surface area contributed by atoms with Crippen LogP contribution in [0, 0.1) is 5.82 Å². The highest BCUT2D eigenvalue weighted by molar-refractivity contribution is 6.30. The van der Waals surface area contributed by atoms with Gasteiger partial charge in [0.05, 0.1) is 6.21 Å². The summed E-state index contributed by atoms with van der Waals surface area (Å²) in [7, 11) is 1.39. The van der Waals surface area contributed by atoms with Crippen molar-refractivity contribution in [3.63, 3.8) is 0 Å². The average molecular weight is 188 g/mol. The van der Waals surface area contributed by atoms with E-state index in [9.17, 15) is 4.39 Å². The standard InChI is InChI=1S/C8H7ClFNO/c1-12-11-5-6-4-7(9)2-3-8(6)10/h2-5H,1H3/b11-5+. The van der Waals surface area contributed by atoms with Crippen molar-refractivity contribution in [3.8, 4) is 0 Å². The third-order valence-corrected chi connectivity index (χ3v) is 1.49. The minimum atomic E-state index is -0.375. The third kappa shape index (κ3) is 2.20. The molecule has 64 valence electrons. The molecule has 0 aliphatic heterocycles. The van der Waals surface area contributed by atoms with Gasteiger partial charge in [-0.3, -0.25) is 0 Å². The molecule has 0 saturated heterocycles.